The molecule has 8 aromatic carbocycles. The smallest absolute Gasteiger partial charge is 0.247 e. The molecule has 0 saturated carbocycles. The van der Waals surface area contributed by atoms with Crippen LogP contribution in [0.4, 0.5) is 0 Å². The zero-order valence-corrected chi connectivity index (χ0v) is 63.9. The summed E-state index contributed by atoms with van der Waals surface area (Å²) in [5.74, 6) is 0.987. The molecule has 0 aromatic heterocycles. The van der Waals surface area contributed by atoms with Gasteiger partial charge in [-0.3, -0.25) is 19.2 Å². The monoisotopic (exact) mass is 1420 g/mol. The highest BCUT2D eigenvalue weighted by atomic mass is 35.5. The normalized spacial score (nSPS) is 13.0. The summed E-state index contributed by atoms with van der Waals surface area (Å²) in [7, 11) is 0. The summed E-state index contributed by atoms with van der Waals surface area (Å²) in [6.07, 6.45) is 4.19. The van der Waals surface area contributed by atoms with E-state index in [2.05, 4.69) is 146 Å². The van der Waals surface area contributed by atoms with Crippen LogP contribution in [-0.2, 0) is 44.9 Å². The zero-order chi connectivity index (χ0) is 73.6. The first-order valence-corrected chi connectivity index (χ1v) is 35.7. The number of rotatable bonds is 24. The van der Waals surface area contributed by atoms with Gasteiger partial charge in [-0.25, -0.2) is 21.7 Å². The van der Waals surface area contributed by atoms with Gasteiger partial charge in [-0.1, -0.05) is 247 Å². The summed E-state index contributed by atoms with van der Waals surface area (Å²) in [4.78, 5) is 49.4. The Balaban J connectivity index is 0.000000240. The number of halogens is 4. The third-order valence-electron chi connectivity index (χ3n) is 16.5. The maximum atomic E-state index is 12.4. The number of carbonyl (C=O) groups is 4. The van der Waals surface area contributed by atoms with E-state index < -0.39 is 0 Å². The predicted octanol–water partition coefficient (Wildman–Crippen LogP) is 20.7. The number of hydrogen-bond acceptors (Lipinski definition) is 8. The van der Waals surface area contributed by atoms with Crippen LogP contribution in [0.25, 0.3) is 0 Å². The molecule has 12 nitrogen and oxygen atoms in total. The first kappa shape index (κ1) is 82.1. The highest BCUT2D eigenvalue weighted by molar-refractivity contribution is 6.31. The van der Waals surface area contributed by atoms with Crippen LogP contribution in [0.3, 0.4) is 0 Å². The van der Waals surface area contributed by atoms with Crippen molar-refractivity contribution in [2.75, 3.05) is 0 Å². The first-order chi connectivity index (χ1) is 47.5. The Bertz CT molecular complexity index is 3460. The van der Waals surface area contributed by atoms with E-state index in [0.29, 0.717) is 43.8 Å². The van der Waals surface area contributed by atoms with Gasteiger partial charge in [-0.15, -0.1) is 0 Å². The fraction of sp³-hybridized carbons (Fsp3) is 0.333. The van der Waals surface area contributed by atoms with E-state index in [1.54, 1.807) is 48.5 Å². The van der Waals surface area contributed by atoms with Crippen molar-refractivity contribution >= 4 is 92.9 Å². The van der Waals surface area contributed by atoms with Gasteiger partial charge in [0.1, 0.15) is 0 Å². The number of benzene rings is 8. The highest BCUT2D eigenvalue weighted by Crippen LogP contribution is 2.23. The predicted molar refractivity (Wildman–Crippen MR) is 421 cm³/mol. The van der Waals surface area contributed by atoms with E-state index in [-0.39, 0.29) is 47.3 Å². The van der Waals surface area contributed by atoms with Gasteiger partial charge in [0.25, 0.3) is 0 Å². The molecule has 0 bridgehead atoms. The van der Waals surface area contributed by atoms with Gasteiger partial charge >= 0.3 is 0 Å². The van der Waals surface area contributed by atoms with Crippen molar-refractivity contribution in [1.82, 2.24) is 21.7 Å². The Hall–Kier alpha value is -8.52. The lowest BCUT2D eigenvalue weighted by Crippen LogP contribution is -2.24. The Morgan fingerprint density at radius 3 is 0.550 bits per heavy atom. The van der Waals surface area contributed by atoms with Crippen LogP contribution in [0.2, 0.25) is 20.1 Å². The quantitative estimate of drug-likeness (QED) is 0.0350. The zero-order valence-electron chi connectivity index (χ0n) is 60.9. The molecular formula is C84H100Cl4N8O4. The van der Waals surface area contributed by atoms with Gasteiger partial charge in [0.05, 0.1) is 46.5 Å². The van der Waals surface area contributed by atoms with Crippen molar-refractivity contribution in [3.8, 4) is 0 Å². The third kappa shape index (κ3) is 29.0. The summed E-state index contributed by atoms with van der Waals surface area (Å²) in [6, 6.07) is 62.5. The molecule has 100 heavy (non-hydrogen) atoms. The van der Waals surface area contributed by atoms with E-state index >= 15 is 0 Å². The molecule has 528 valence electrons. The average molecular weight is 1430 g/mol. The fourth-order valence-electron chi connectivity index (χ4n) is 10.2. The second-order valence-corrected chi connectivity index (χ2v) is 28.7. The fourth-order valence-corrected chi connectivity index (χ4v) is 10.7. The van der Waals surface area contributed by atoms with Crippen LogP contribution in [-0.4, -0.2) is 46.5 Å². The molecule has 0 saturated heterocycles. The topological polar surface area (TPSA) is 166 Å². The second-order valence-electron chi connectivity index (χ2n) is 27.0. The van der Waals surface area contributed by atoms with Crippen molar-refractivity contribution in [2.45, 2.75) is 160 Å². The van der Waals surface area contributed by atoms with Crippen molar-refractivity contribution in [3.63, 3.8) is 0 Å². The molecule has 0 fully saturated rings. The summed E-state index contributed by atoms with van der Waals surface area (Å²) in [5, 5.41) is 19.5. The van der Waals surface area contributed by atoms with Gasteiger partial charge in [0.15, 0.2) is 0 Å². The molecule has 16 heteroatoms. The molecule has 0 spiro atoms. The maximum Gasteiger partial charge on any atom is 0.247 e. The van der Waals surface area contributed by atoms with Crippen LogP contribution in [0.15, 0.2) is 215 Å². The number of hydrazone groups is 4. The van der Waals surface area contributed by atoms with Gasteiger partial charge in [0.2, 0.25) is 23.6 Å². The molecule has 8 aromatic rings. The van der Waals surface area contributed by atoms with E-state index in [1.807, 2.05) is 152 Å². The lowest BCUT2D eigenvalue weighted by molar-refractivity contribution is -0.123. The molecule has 4 amide bonds. The first-order valence-electron chi connectivity index (χ1n) is 34.2. The standard InChI is InChI=1S/4C21H25ClN2O/c4*1-14(2)13-17-5-7-18(8-6-17)15(3)21(25)24-23-16(4)19-9-11-20(22)12-10-19/h4*5-12,14-15H,13H2,1-4H3,(H,24,25)/b4*23-16+/t4*15-/m0000/s1. The molecule has 0 heterocycles. The second kappa shape index (κ2) is 41.9. The Kier molecular flexibility index (Phi) is 34.4. The van der Waals surface area contributed by atoms with Gasteiger partial charge in [0, 0.05) is 20.1 Å². The minimum Gasteiger partial charge on any atom is -0.272 e. The minimum atomic E-state index is -0.255. The van der Waals surface area contributed by atoms with Crippen molar-refractivity contribution in [1.29, 1.82) is 0 Å². The van der Waals surface area contributed by atoms with E-state index in [0.717, 1.165) is 93.0 Å². The molecule has 0 unspecified atom stereocenters. The average Bonchev–Trinajstić information content (AvgIpc) is 0.890. The lowest BCUT2D eigenvalue weighted by Gasteiger charge is -2.12. The Morgan fingerprint density at radius 2 is 0.410 bits per heavy atom. The van der Waals surface area contributed by atoms with Crippen LogP contribution in [0.1, 0.15) is 201 Å². The molecule has 4 atom stereocenters. The van der Waals surface area contributed by atoms with E-state index in [4.69, 9.17) is 46.4 Å². The van der Waals surface area contributed by atoms with Gasteiger partial charge in [-0.05, 0) is 220 Å². The molecule has 8 rings (SSSR count). The number of hydrogen-bond donors (Lipinski definition) is 4. The Labute approximate surface area is 615 Å². The number of nitrogens with one attached hydrogen (secondary N) is 4. The SMILES string of the molecule is C/C(=N\NC(=O)[C@@H](C)c1ccc(CC(C)C)cc1)c1ccc(Cl)cc1.C/C(=N\NC(=O)[C@@H](C)c1ccc(CC(C)C)cc1)c1ccc(Cl)cc1.C/C(=N\NC(=O)[C@@H](C)c1ccc(CC(C)C)cc1)c1ccc(Cl)cc1.C/C(=N\NC(=O)[C@@H](C)c1ccc(CC(C)C)cc1)c1ccc(Cl)cc1. The summed E-state index contributed by atoms with van der Waals surface area (Å²) < 4.78 is 0. The van der Waals surface area contributed by atoms with E-state index in [9.17, 15) is 19.2 Å². The number of carbonyl (C=O) groups excluding carboxylic acids is 4. The molecule has 4 N–H and O–H groups in total. The van der Waals surface area contributed by atoms with Gasteiger partial charge in [-0.2, -0.15) is 20.4 Å². The van der Waals surface area contributed by atoms with Crippen LogP contribution in [0.5, 0.6) is 0 Å². The summed E-state index contributed by atoms with van der Waals surface area (Å²) in [5.41, 5.74) is 26.4. The molecule has 0 aliphatic rings. The molecule has 0 radical (unpaired) electrons. The van der Waals surface area contributed by atoms with Crippen LogP contribution >= 0.6 is 46.4 Å². The highest BCUT2D eigenvalue weighted by Gasteiger charge is 2.19. The molecule has 0 aliphatic carbocycles. The lowest BCUT2D eigenvalue weighted by atomic mass is 9.96. The van der Waals surface area contributed by atoms with Crippen molar-refractivity contribution in [3.05, 3.63) is 281 Å². The molecule has 0 aliphatic heterocycles. The summed E-state index contributed by atoms with van der Waals surface area (Å²) in [6.45, 7) is 32.6. The third-order valence-corrected chi connectivity index (χ3v) is 17.5. The van der Waals surface area contributed by atoms with Crippen molar-refractivity contribution in [2.24, 2.45) is 44.1 Å². The van der Waals surface area contributed by atoms with Crippen LogP contribution < -0.4 is 21.7 Å². The number of nitrogens with zero attached hydrogens (tertiary/aromatic N) is 4. The van der Waals surface area contributed by atoms with Crippen molar-refractivity contribution < 1.29 is 19.2 Å². The van der Waals surface area contributed by atoms with E-state index in [1.165, 1.54) is 22.3 Å². The number of amides is 4. The maximum absolute atomic E-state index is 12.4. The summed E-state index contributed by atoms with van der Waals surface area (Å²) >= 11 is 23.5. The van der Waals surface area contributed by atoms with Gasteiger partial charge < -0.3 is 0 Å². The minimum absolute atomic E-state index is 0.120. The largest absolute Gasteiger partial charge is 0.272 e. The Morgan fingerprint density at radius 1 is 0.260 bits per heavy atom. The molecular weight excluding hydrogens is 1330 g/mol. The van der Waals surface area contributed by atoms with Crippen LogP contribution in [0, 0.1) is 23.7 Å².